The molecule has 1 heterocycles. The van der Waals surface area contributed by atoms with Gasteiger partial charge in [-0.15, -0.1) is 17.9 Å². The first-order valence-electron chi connectivity index (χ1n) is 9.36. The van der Waals surface area contributed by atoms with Crippen molar-refractivity contribution < 1.29 is 14.6 Å². The molecular weight excluding hydrogens is 372 g/mol. The van der Waals surface area contributed by atoms with Crippen LogP contribution in [0.3, 0.4) is 0 Å². The molecule has 1 amide bonds. The highest BCUT2D eigenvalue weighted by atomic mass is 32.1. The summed E-state index contributed by atoms with van der Waals surface area (Å²) >= 11 is 1.59. The van der Waals surface area contributed by atoms with E-state index in [0.29, 0.717) is 19.4 Å². The molecule has 1 aromatic rings. The molecule has 1 atom stereocenters. The number of alkyl carbamates (subject to hydrolysis) is 1. The highest BCUT2D eigenvalue weighted by molar-refractivity contribution is 7.09. The van der Waals surface area contributed by atoms with Crippen LogP contribution in [0.5, 0.6) is 0 Å². The van der Waals surface area contributed by atoms with Crippen LogP contribution in [0.15, 0.2) is 54.5 Å². The Hall–Kier alpha value is -2.18. The second kappa shape index (κ2) is 12.3. The number of methoxy groups -OCH3 is 1. The second-order valence-corrected chi connectivity index (χ2v) is 7.90. The van der Waals surface area contributed by atoms with Crippen LogP contribution in [0.2, 0.25) is 0 Å². The fourth-order valence-electron chi connectivity index (χ4n) is 2.37. The molecule has 154 valence electrons. The second-order valence-electron chi connectivity index (χ2n) is 7.05. The first-order valence-corrected chi connectivity index (χ1v) is 10.2. The lowest BCUT2D eigenvalue weighted by atomic mass is 9.85. The summed E-state index contributed by atoms with van der Waals surface area (Å²) in [5.74, 6) is 0. The van der Waals surface area contributed by atoms with Gasteiger partial charge in [0.1, 0.15) is 5.01 Å². The van der Waals surface area contributed by atoms with Crippen LogP contribution in [-0.4, -0.2) is 35.9 Å². The highest BCUT2D eigenvalue weighted by Crippen LogP contribution is 2.31. The van der Waals surface area contributed by atoms with Crippen molar-refractivity contribution in [3.05, 3.63) is 65.2 Å². The van der Waals surface area contributed by atoms with E-state index in [-0.39, 0.29) is 0 Å². The number of aliphatic hydroxyl groups excluding tert-OH is 1. The lowest BCUT2D eigenvalue weighted by Gasteiger charge is -2.27. The van der Waals surface area contributed by atoms with E-state index in [1.165, 1.54) is 7.11 Å². The number of rotatable bonds is 12. The van der Waals surface area contributed by atoms with Gasteiger partial charge in [-0.05, 0) is 19.3 Å². The minimum Gasteiger partial charge on any atom is -0.453 e. The molecule has 1 aromatic heterocycles. The van der Waals surface area contributed by atoms with E-state index < -0.39 is 17.6 Å². The molecule has 0 radical (unpaired) electrons. The topological polar surface area (TPSA) is 71.5 Å². The van der Waals surface area contributed by atoms with Crippen LogP contribution in [0.25, 0.3) is 0 Å². The van der Waals surface area contributed by atoms with Gasteiger partial charge in [0, 0.05) is 23.8 Å². The van der Waals surface area contributed by atoms with E-state index in [2.05, 4.69) is 35.4 Å². The highest BCUT2D eigenvalue weighted by Gasteiger charge is 2.32. The maximum Gasteiger partial charge on any atom is 0.406 e. The SMILES string of the molecule is C=CC/C=C/Cc1csc(C(C)(C)C(O)C/C=C\C(=C)CCNC(=O)OC)n1. The molecule has 0 spiro atoms. The molecule has 0 saturated carbocycles. The molecule has 1 unspecified atom stereocenters. The molecule has 0 fully saturated rings. The molecule has 6 heteroatoms. The van der Waals surface area contributed by atoms with Gasteiger partial charge in [0.25, 0.3) is 0 Å². The molecular formula is C22H32N2O3S. The molecule has 0 saturated heterocycles. The Labute approximate surface area is 172 Å². The van der Waals surface area contributed by atoms with Gasteiger partial charge in [0.05, 0.1) is 18.9 Å². The molecule has 1 rings (SSSR count). The van der Waals surface area contributed by atoms with Gasteiger partial charge in [0.15, 0.2) is 0 Å². The Balaban J connectivity index is 2.52. The summed E-state index contributed by atoms with van der Waals surface area (Å²) in [4.78, 5) is 15.7. The van der Waals surface area contributed by atoms with E-state index in [1.54, 1.807) is 11.3 Å². The maximum absolute atomic E-state index is 11.0. The van der Waals surface area contributed by atoms with Gasteiger partial charge in [-0.1, -0.05) is 56.4 Å². The minimum absolute atomic E-state index is 0.439. The van der Waals surface area contributed by atoms with Gasteiger partial charge in [-0.3, -0.25) is 0 Å². The largest absolute Gasteiger partial charge is 0.453 e. The summed E-state index contributed by atoms with van der Waals surface area (Å²) in [5.41, 5.74) is 1.46. The van der Waals surface area contributed by atoms with Crippen molar-refractivity contribution in [2.45, 2.75) is 51.0 Å². The lowest BCUT2D eigenvalue weighted by molar-refractivity contribution is 0.102. The Morgan fingerprint density at radius 2 is 2.18 bits per heavy atom. The number of carbonyl (C=O) groups is 1. The Kier molecular flexibility index (Phi) is 10.5. The van der Waals surface area contributed by atoms with Crippen LogP contribution in [0, 0.1) is 0 Å². The fraction of sp³-hybridized carbons (Fsp3) is 0.455. The normalized spacial score (nSPS) is 13.0. The van der Waals surface area contributed by atoms with Crippen molar-refractivity contribution in [1.82, 2.24) is 10.3 Å². The average molecular weight is 405 g/mol. The summed E-state index contributed by atoms with van der Waals surface area (Å²) in [7, 11) is 1.33. The number of amides is 1. The van der Waals surface area contributed by atoms with Crippen molar-refractivity contribution in [2.75, 3.05) is 13.7 Å². The fourth-order valence-corrected chi connectivity index (χ4v) is 3.38. The number of hydrogen-bond donors (Lipinski definition) is 2. The minimum atomic E-state index is -0.556. The smallest absolute Gasteiger partial charge is 0.406 e. The van der Waals surface area contributed by atoms with E-state index in [1.807, 2.05) is 37.5 Å². The van der Waals surface area contributed by atoms with Crippen LogP contribution >= 0.6 is 11.3 Å². The zero-order chi connectivity index (χ0) is 21.0. The molecule has 2 N–H and O–H groups in total. The summed E-state index contributed by atoms with van der Waals surface area (Å²) in [6.45, 7) is 12.1. The zero-order valence-corrected chi connectivity index (χ0v) is 17.9. The molecule has 0 bridgehead atoms. The van der Waals surface area contributed by atoms with Crippen molar-refractivity contribution in [3.63, 3.8) is 0 Å². The van der Waals surface area contributed by atoms with E-state index in [4.69, 9.17) is 4.98 Å². The van der Waals surface area contributed by atoms with Gasteiger partial charge in [-0.25, -0.2) is 9.78 Å². The summed E-state index contributed by atoms with van der Waals surface area (Å²) < 4.78 is 4.51. The zero-order valence-electron chi connectivity index (χ0n) is 17.1. The standard InChI is InChI=1S/C22H32N2O3S/c1-6-7-8-9-12-18-16-28-20(24-18)22(3,4)19(25)13-10-11-17(2)14-15-23-21(26)27-5/h6,8-11,16,19,25H,1-2,7,12-15H2,3-5H3,(H,23,26)/b9-8+,11-10-. The van der Waals surface area contributed by atoms with E-state index >= 15 is 0 Å². The number of nitrogens with one attached hydrogen (secondary N) is 1. The number of allylic oxidation sites excluding steroid dienone is 4. The van der Waals surface area contributed by atoms with Gasteiger partial charge >= 0.3 is 6.09 Å². The van der Waals surface area contributed by atoms with Crippen molar-refractivity contribution in [1.29, 1.82) is 0 Å². The monoisotopic (exact) mass is 404 g/mol. The molecule has 0 aliphatic rings. The van der Waals surface area contributed by atoms with E-state index in [9.17, 15) is 9.90 Å². The molecule has 0 aliphatic heterocycles. The van der Waals surface area contributed by atoms with Crippen molar-refractivity contribution in [2.24, 2.45) is 0 Å². The predicted molar refractivity (Wildman–Crippen MR) is 117 cm³/mol. The van der Waals surface area contributed by atoms with E-state index in [0.717, 1.165) is 29.1 Å². The number of ether oxygens (including phenoxy) is 1. The van der Waals surface area contributed by atoms with Crippen LogP contribution in [0.4, 0.5) is 4.79 Å². The molecule has 28 heavy (non-hydrogen) atoms. The number of aromatic nitrogens is 1. The summed E-state index contributed by atoms with van der Waals surface area (Å²) in [5, 5.41) is 16.3. The van der Waals surface area contributed by atoms with Crippen molar-refractivity contribution >= 4 is 17.4 Å². The van der Waals surface area contributed by atoms with Crippen LogP contribution in [-0.2, 0) is 16.6 Å². The molecule has 0 aromatic carbocycles. The Morgan fingerprint density at radius 3 is 2.86 bits per heavy atom. The lowest BCUT2D eigenvalue weighted by Crippen LogP contribution is -2.33. The average Bonchev–Trinajstić information content (AvgIpc) is 3.14. The van der Waals surface area contributed by atoms with Gasteiger partial charge in [0.2, 0.25) is 0 Å². The Bertz CT molecular complexity index is 704. The molecule has 0 aliphatic carbocycles. The summed E-state index contributed by atoms with van der Waals surface area (Å²) in [6, 6.07) is 0. The number of hydrogen-bond acceptors (Lipinski definition) is 5. The van der Waals surface area contributed by atoms with Crippen LogP contribution < -0.4 is 5.32 Å². The third-order valence-electron chi connectivity index (χ3n) is 4.35. The first-order chi connectivity index (χ1) is 13.3. The number of carbonyl (C=O) groups excluding carboxylic acids is 1. The predicted octanol–water partition coefficient (Wildman–Crippen LogP) is 4.71. The number of aliphatic hydroxyl groups is 1. The maximum atomic E-state index is 11.0. The number of thiazole rings is 1. The summed E-state index contributed by atoms with van der Waals surface area (Å²) in [6.07, 6.45) is 11.6. The third kappa shape index (κ3) is 8.23. The quantitative estimate of drug-likeness (QED) is 0.391. The third-order valence-corrected chi connectivity index (χ3v) is 5.58. The molecule has 5 nitrogen and oxygen atoms in total. The Morgan fingerprint density at radius 1 is 1.43 bits per heavy atom. The van der Waals surface area contributed by atoms with Gasteiger partial charge in [-0.2, -0.15) is 0 Å². The first kappa shape index (κ1) is 23.9. The van der Waals surface area contributed by atoms with Gasteiger partial charge < -0.3 is 15.2 Å². The number of nitrogens with zero attached hydrogens (tertiary/aromatic N) is 1. The van der Waals surface area contributed by atoms with Crippen LogP contribution in [0.1, 0.15) is 43.8 Å². The van der Waals surface area contributed by atoms with Crippen molar-refractivity contribution in [3.8, 4) is 0 Å².